The summed E-state index contributed by atoms with van der Waals surface area (Å²) in [5, 5.41) is 33.0. The molecular weight excluding hydrogens is 444 g/mol. The van der Waals surface area contributed by atoms with E-state index in [1.54, 1.807) is 7.05 Å². The van der Waals surface area contributed by atoms with E-state index in [1.165, 1.54) is 29.3 Å². The first-order chi connectivity index (χ1) is 16.9. The Hall–Kier alpha value is -4.43. The molecule has 3 aromatic carbocycles. The number of carbonyl (C=O) groups excluding carboxylic acids is 1. The Balaban J connectivity index is 1.57. The van der Waals surface area contributed by atoms with Crippen LogP contribution in [0.5, 0.6) is 11.5 Å². The molecule has 1 unspecified atom stereocenters. The predicted molar refractivity (Wildman–Crippen MR) is 133 cm³/mol. The minimum absolute atomic E-state index is 0.0364. The maximum absolute atomic E-state index is 13.3. The van der Waals surface area contributed by atoms with E-state index in [1.807, 2.05) is 60.7 Å². The van der Waals surface area contributed by atoms with E-state index in [-0.39, 0.29) is 24.0 Å². The molecule has 0 aliphatic carbocycles. The van der Waals surface area contributed by atoms with Crippen molar-refractivity contribution < 1.29 is 20.1 Å². The van der Waals surface area contributed by atoms with Crippen LogP contribution in [0.2, 0.25) is 0 Å². The maximum Gasteiger partial charge on any atom is 0.257 e. The number of carbonyl (C=O) groups is 1. The van der Waals surface area contributed by atoms with Crippen LogP contribution in [0.1, 0.15) is 27.6 Å². The highest BCUT2D eigenvalue weighted by atomic mass is 16.3. The number of aliphatic hydroxyl groups excluding tert-OH is 1. The second-order valence-corrected chi connectivity index (χ2v) is 8.11. The first kappa shape index (κ1) is 23.7. The second kappa shape index (κ2) is 10.7. The molecule has 1 amide bonds. The number of benzene rings is 3. The van der Waals surface area contributed by atoms with E-state index >= 15 is 0 Å². The van der Waals surface area contributed by atoms with Gasteiger partial charge in [0, 0.05) is 25.4 Å². The van der Waals surface area contributed by atoms with E-state index in [2.05, 4.69) is 15.3 Å². The number of phenolic OH excluding ortho intramolecular Hbond substituents is 2. The quantitative estimate of drug-likeness (QED) is 0.288. The van der Waals surface area contributed by atoms with Crippen LogP contribution in [0.3, 0.4) is 0 Å². The van der Waals surface area contributed by atoms with Gasteiger partial charge in [-0.25, -0.2) is 9.97 Å². The molecule has 0 spiro atoms. The molecule has 178 valence electrons. The minimum Gasteiger partial charge on any atom is -0.504 e. The Morgan fingerprint density at radius 2 is 1.66 bits per heavy atom. The Bertz CT molecular complexity index is 1300. The number of hydrogen-bond acceptors (Lipinski definition) is 7. The van der Waals surface area contributed by atoms with Crippen LogP contribution < -0.4 is 5.32 Å². The van der Waals surface area contributed by atoms with Crippen LogP contribution >= 0.6 is 0 Å². The predicted octanol–water partition coefficient (Wildman–Crippen LogP) is 3.97. The van der Waals surface area contributed by atoms with Gasteiger partial charge in [0.05, 0.1) is 23.9 Å². The number of aliphatic hydroxyl groups is 1. The molecule has 0 fully saturated rings. The molecule has 4 N–H and O–H groups in total. The van der Waals surface area contributed by atoms with Gasteiger partial charge in [-0.2, -0.15) is 0 Å². The van der Waals surface area contributed by atoms with Crippen molar-refractivity contribution in [2.75, 3.05) is 18.9 Å². The number of aromatic hydroxyl groups is 2. The molecule has 0 aliphatic rings. The smallest absolute Gasteiger partial charge is 0.257 e. The van der Waals surface area contributed by atoms with Gasteiger partial charge in [-0.05, 0) is 23.3 Å². The molecule has 0 radical (unpaired) electrons. The lowest BCUT2D eigenvalue weighted by atomic mass is 10.1. The van der Waals surface area contributed by atoms with Crippen LogP contribution in [-0.2, 0) is 6.54 Å². The van der Waals surface area contributed by atoms with Crippen LogP contribution in [0, 0.1) is 0 Å². The van der Waals surface area contributed by atoms with Gasteiger partial charge in [0.15, 0.2) is 11.5 Å². The summed E-state index contributed by atoms with van der Waals surface area (Å²) in [6.45, 7) is 0.499. The van der Waals surface area contributed by atoms with Crippen LogP contribution in [0.25, 0.3) is 11.3 Å². The van der Waals surface area contributed by atoms with E-state index < -0.39 is 6.10 Å². The van der Waals surface area contributed by atoms with Crippen LogP contribution in [0.15, 0.2) is 85.1 Å². The fourth-order valence-corrected chi connectivity index (χ4v) is 3.62. The number of nitrogens with zero attached hydrogens (tertiary/aromatic N) is 3. The summed E-state index contributed by atoms with van der Waals surface area (Å²) in [6.07, 6.45) is 0.420. The third-order valence-corrected chi connectivity index (χ3v) is 5.54. The van der Waals surface area contributed by atoms with Crippen molar-refractivity contribution in [1.82, 2.24) is 14.9 Å². The third-order valence-electron chi connectivity index (χ3n) is 5.54. The molecular formula is C27H26N4O4. The van der Waals surface area contributed by atoms with Gasteiger partial charge in [-0.3, -0.25) is 4.79 Å². The van der Waals surface area contributed by atoms with Crippen molar-refractivity contribution in [2.24, 2.45) is 0 Å². The average molecular weight is 471 g/mol. The van der Waals surface area contributed by atoms with Gasteiger partial charge in [0.1, 0.15) is 0 Å². The van der Waals surface area contributed by atoms with Crippen molar-refractivity contribution in [3.8, 4) is 22.8 Å². The lowest BCUT2D eigenvalue weighted by Gasteiger charge is -2.22. The zero-order valence-corrected chi connectivity index (χ0v) is 19.2. The van der Waals surface area contributed by atoms with Crippen molar-refractivity contribution >= 4 is 11.9 Å². The van der Waals surface area contributed by atoms with Gasteiger partial charge in [-0.1, -0.05) is 66.7 Å². The van der Waals surface area contributed by atoms with Crippen molar-refractivity contribution in [2.45, 2.75) is 12.6 Å². The largest absolute Gasteiger partial charge is 0.504 e. The lowest BCUT2D eigenvalue weighted by Crippen LogP contribution is -2.31. The Morgan fingerprint density at radius 3 is 2.34 bits per heavy atom. The maximum atomic E-state index is 13.3. The summed E-state index contributed by atoms with van der Waals surface area (Å²) in [7, 11) is 1.57. The summed E-state index contributed by atoms with van der Waals surface area (Å²) in [5.74, 6) is -0.586. The zero-order chi connectivity index (χ0) is 24.8. The number of nitrogens with one attached hydrogen (secondary N) is 1. The minimum atomic E-state index is -1.07. The number of aromatic nitrogens is 2. The Labute approximate surface area is 203 Å². The number of anilines is 1. The molecule has 1 heterocycles. The molecule has 4 rings (SSSR count). The van der Waals surface area contributed by atoms with Crippen LogP contribution in [-0.4, -0.2) is 49.7 Å². The molecule has 35 heavy (non-hydrogen) atoms. The van der Waals surface area contributed by atoms with E-state index in [9.17, 15) is 20.1 Å². The zero-order valence-electron chi connectivity index (χ0n) is 19.2. The monoisotopic (exact) mass is 470 g/mol. The first-order valence-electron chi connectivity index (χ1n) is 11.1. The molecule has 0 aliphatic heterocycles. The molecule has 4 aromatic rings. The fraction of sp³-hybridized carbons (Fsp3) is 0.148. The van der Waals surface area contributed by atoms with Crippen LogP contribution in [0.4, 0.5) is 5.95 Å². The number of amides is 1. The second-order valence-electron chi connectivity index (χ2n) is 8.11. The van der Waals surface area contributed by atoms with Gasteiger partial charge in [0.25, 0.3) is 5.91 Å². The highest BCUT2D eigenvalue weighted by molar-refractivity contribution is 5.99. The number of rotatable bonds is 8. The molecule has 1 atom stereocenters. The average Bonchev–Trinajstić information content (AvgIpc) is 2.89. The van der Waals surface area contributed by atoms with Crippen molar-refractivity contribution in [3.63, 3.8) is 0 Å². The molecule has 1 aromatic heterocycles. The van der Waals surface area contributed by atoms with Gasteiger partial charge >= 0.3 is 0 Å². The van der Waals surface area contributed by atoms with Gasteiger partial charge in [0.2, 0.25) is 5.95 Å². The molecule has 8 heteroatoms. The molecule has 0 saturated heterocycles. The molecule has 0 bridgehead atoms. The fourth-order valence-electron chi connectivity index (χ4n) is 3.62. The topological polar surface area (TPSA) is 119 Å². The van der Waals surface area contributed by atoms with Gasteiger partial charge in [-0.15, -0.1) is 0 Å². The van der Waals surface area contributed by atoms with E-state index in [0.29, 0.717) is 29.3 Å². The summed E-state index contributed by atoms with van der Waals surface area (Å²) in [4.78, 5) is 23.7. The third kappa shape index (κ3) is 5.74. The van der Waals surface area contributed by atoms with E-state index in [4.69, 9.17) is 0 Å². The Morgan fingerprint density at radius 1 is 0.971 bits per heavy atom. The summed E-state index contributed by atoms with van der Waals surface area (Å²) < 4.78 is 0. The SMILES string of the molecule is CN(CC(O)c1ccc(O)c(O)c1)C(=O)c1cnc(NCc2ccccc2)nc1-c1ccccc1. The summed E-state index contributed by atoms with van der Waals surface area (Å²) >= 11 is 0. The summed E-state index contributed by atoms with van der Waals surface area (Å²) in [5.41, 5.74) is 2.99. The van der Waals surface area contributed by atoms with E-state index in [0.717, 1.165) is 11.1 Å². The normalized spacial score (nSPS) is 11.6. The standard InChI is InChI=1S/C27H26N4O4/c1-31(17-24(34)20-12-13-22(32)23(33)14-20)26(35)21-16-29-27(28-15-18-8-4-2-5-9-18)30-25(21)19-10-6-3-7-11-19/h2-14,16,24,32-34H,15,17H2,1H3,(H,28,29,30). The lowest BCUT2D eigenvalue weighted by molar-refractivity contribution is 0.0680. The highest BCUT2D eigenvalue weighted by Crippen LogP contribution is 2.29. The van der Waals surface area contributed by atoms with Crippen molar-refractivity contribution in [3.05, 3.63) is 102 Å². The first-order valence-corrected chi connectivity index (χ1v) is 11.1. The van der Waals surface area contributed by atoms with Gasteiger partial charge < -0.3 is 25.5 Å². The highest BCUT2D eigenvalue weighted by Gasteiger charge is 2.22. The summed E-state index contributed by atoms with van der Waals surface area (Å²) in [6, 6.07) is 23.3. The Kier molecular flexibility index (Phi) is 7.23. The molecule has 0 saturated carbocycles. The molecule has 8 nitrogen and oxygen atoms in total. The number of phenols is 2. The van der Waals surface area contributed by atoms with Crippen molar-refractivity contribution in [1.29, 1.82) is 0 Å². The number of hydrogen-bond donors (Lipinski definition) is 4. The number of likely N-dealkylation sites (N-methyl/N-ethyl adjacent to an activating group) is 1.